The Hall–Kier alpha value is -3.90. The molecule has 1 N–H and O–H groups in total. The van der Waals surface area contributed by atoms with Crippen LogP contribution >= 0.6 is 11.6 Å². The first-order valence-electron chi connectivity index (χ1n) is 10.3. The van der Waals surface area contributed by atoms with Crippen LogP contribution in [0, 0.1) is 6.92 Å². The third kappa shape index (κ3) is 4.66. The summed E-state index contributed by atoms with van der Waals surface area (Å²) in [5, 5.41) is 4.23. The molecule has 0 unspecified atom stereocenters. The normalized spacial score (nSPS) is 10.8. The highest BCUT2D eigenvalue weighted by molar-refractivity contribution is 6.30. The summed E-state index contributed by atoms with van der Waals surface area (Å²) in [4.78, 5) is 38.4. The highest BCUT2D eigenvalue weighted by Gasteiger charge is 2.23. The number of amides is 1. The van der Waals surface area contributed by atoms with Gasteiger partial charge in [0.05, 0.1) is 0 Å². The van der Waals surface area contributed by atoms with Crippen molar-refractivity contribution in [2.24, 2.45) is 7.05 Å². The number of benzene rings is 3. The SMILES string of the molecule is Cc1ccc(-c2c(C(=O)OCC(=O)Nc3cccc(Cl)c3)n(C)c(=O)c3ccccc23)cc1. The molecule has 0 spiro atoms. The van der Waals surface area contributed by atoms with Crippen LogP contribution in [-0.4, -0.2) is 23.1 Å². The van der Waals surface area contributed by atoms with Crippen molar-refractivity contribution in [1.29, 1.82) is 0 Å². The summed E-state index contributed by atoms with van der Waals surface area (Å²) in [5.41, 5.74) is 2.65. The molecular formula is C26H21ClN2O4. The number of pyridine rings is 1. The van der Waals surface area contributed by atoms with Crippen molar-refractivity contribution in [2.75, 3.05) is 11.9 Å². The maximum Gasteiger partial charge on any atom is 0.356 e. The topological polar surface area (TPSA) is 77.4 Å². The zero-order valence-corrected chi connectivity index (χ0v) is 18.8. The molecule has 1 aromatic heterocycles. The molecule has 1 heterocycles. The Balaban J connectivity index is 1.70. The Labute approximate surface area is 195 Å². The smallest absolute Gasteiger partial charge is 0.356 e. The number of halogens is 1. The summed E-state index contributed by atoms with van der Waals surface area (Å²) in [6.45, 7) is 1.45. The van der Waals surface area contributed by atoms with Crippen LogP contribution in [0.25, 0.3) is 21.9 Å². The molecule has 0 atom stereocenters. The van der Waals surface area contributed by atoms with Gasteiger partial charge in [-0.1, -0.05) is 65.7 Å². The number of ether oxygens (including phenoxy) is 1. The number of fused-ring (bicyclic) bond motifs is 1. The van der Waals surface area contributed by atoms with E-state index in [1.54, 1.807) is 42.5 Å². The van der Waals surface area contributed by atoms with Crippen LogP contribution in [0.15, 0.2) is 77.6 Å². The number of hydrogen-bond donors (Lipinski definition) is 1. The molecule has 0 aliphatic heterocycles. The minimum Gasteiger partial charge on any atom is -0.451 e. The van der Waals surface area contributed by atoms with Gasteiger partial charge in [0.1, 0.15) is 5.69 Å². The van der Waals surface area contributed by atoms with E-state index < -0.39 is 18.5 Å². The highest BCUT2D eigenvalue weighted by atomic mass is 35.5. The Morgan fingerprint density at radius 3 is 2.36 bits per heavy atom. The fraction of sp³-hybridized carbons (Fsp3) is 0.115. The lowest BCUT2D eigenvalue weighted by Gasteiger charge is -2.17. The number of nitrogens with one attached hydrogen (secondary N) is 1. The summed E-state index contributed by atoms with van der Waals surface area (Å²) in [6, 6.07) is 21.4. The standard InChI is InChI=1S/C26H21ClN2O4/c1-16-10-12-17(13-11-16)23-20-8-3-4-9-21(20)25(31)29(2)24(23)26(32)33-15-22(30)28-19-7-5-6-18(27)14-19/h3-14H,15H2,1-2H3,(H,28,30). The fourth-order valence-electron chi connectivity index (χ4n) is 3.68. The molecule has 0 aliphatic rings. The number of aryl methyl sites for hydroxylation is 1. The lowest BCUT2D eigenvalue weighted by atomic mass is 9.96. The van der Waals surface area contributed by atoms with Gasteiger partial charge in [0.25, 0.3) is 11.5 Å². The van der Waals surface area contributed by atoms with Crippen LogP contribution in [0.5, 0.6) is 0 Å². The molecule has 0 saturated heterocycles. The van der Waals surface area contributed by atoms with E-state index in [0.717, 1.165) is 11.1 Å². The van der Waals surface area contributed by atoms with Gasteiger partial charge in [-0.2, -0.15) is 0 Å². The minimum atomic E-state index is -0.767. The van der Waals surface area contributed by atoms with Crippen molar-refractivity contribution < 1.29 is 14.3 Å². The van der Waals surface area contributed by atoms with Gasteiger partial charge in [-0.3, -0.25) is 9.59 Å². The first-order chi connectivity index (χ1) is 15.8. The average Bonchev–Trinajstić information content (AvgIpc) is 2.80. The maximum absolute atomic E-state index is 13.2. The first-order valence-corrected chi connectivity index (χ1v) is 10.6. The van der Waals surface area contributed by atoms with Crippen molar-refractivity contribution in [2.45, 2.75) is 6.92 Å². The van der Waals surface area contributed by atoms with E-state index in [4.69, 9.17) is 16.3 Å². The van der Waals surface area contributed by atoms with E-state index in [1.165, 1.54) is 11.6 Å². The van der Waals surface area contributed by atoms with E-state index in [0.29, 0.717) is 27.0 Å². The van der Waals surface area contributed by atoms with Crippen molar-refractivity contribution in [3.63, 3.8) is 0 Å². The second-order valence-electron chi connectivity index (χ2n) is 7.63. The number of anilines is 1. The zero-order valence-electron chi connectivity index (χ0n) is 18.1. The minimum absolute atomic E-state index is 0.0816. The molecule has 3 aromatic carbocycles. The Morgan fingerprint density at radius 2 is 1.67 bits per heavy atom. The fourth-order valence-corrected chi connectivity index (χ4v) is 3.87. The molecule has 33 heavy (non-hydrogen) atoms. The maximum atomic E-state index is 13.2. The van der Waals surface area contributed by atoms with Gasteiger partial charge in [0, 0.05) is 28.7 Å². The Morgan fingerprint density at radius 1 is 0.970 bits per heavy atom. The number of aromatic nitrogens is 1. The molecule has 166 valence electrons. The summed E-state index contributed by atoms with van der Waals surface area (Å²) in [5.74, 6) is -1.29. The lowest BCUT2D eigenvalue weighted by molar-refractivity contribution is -0.119. The molecule has 0 fully saturated rings. The molecule has 0 bridgehead atoms. The van der Waals surface area contributed by atoms with E-state index in [-0.39, 0.29) is 11.3 Å². The molecule has 7 heteroatoms. The number of carbonyl (C=O) groups excluding carboxylic acids is 2. The number of nitrogens with zero attached hydrogens (tertiary/aromatic N) is 1. The molecular weight excluding hydrogens is 440 g/mol. The molecule has 4 aromatic rings. The van der Waals surface area contributed by atoms with Crippen molar-refractivity contribution in [3.05, 3.63) is 99.4 Å². The van der Waals surface area contributed by atoms with Gasteiger partial charge in [-0.15, -0.1) is 0 Å². The zero-order chi connectivity index (χ0) is 23.5. The van der Waals surface area contributed by atoms with Crippen LogP contribution in [0.1, 0.15) is 16.1 Å². The number of rotatable bonds is 5. The quantitative estimate of drug-likeness (QED) is 0.427. The largest absolute Gasteiger partial charge is 0.451 e. The first kappa shape index (κ1) is 22.3. The second-order valence-corrected chi connectivity index (χ2v) is 8.07. The van der Waals surface area contributed by atoms with Crippen molar-refractivity contribution in [3.8, 4) is 11.1 Å². The van der Waals surface area contributed by atoms with Crippen LogP contribution in [-0.2, 0) is 16.6 Å². The number of carbonyl (C=O) groups is 2. The van der Waals surface area contributed by atoms with Gasteiger partial charge in [-0.25, -0.2) is 4.79 Å². The van der Waals surface area contributed by atoms with Crippen molar-refractivity contribution in [1.82, 2.24) is 4.57 Å². The lowest BCUT2D eigenvalue weighted by Crippen LogP contribution is -2.28. The van der Waals surface area contributed by atoms with E-state index in [1.807, 2.05) is 37.3 Å². The molecule has 0 aliphatic carbocycles. The molecule has 6 nitrogen and oxygen atoms in total. The second kappa shape index (κ2) is 9.30. The van der Waals surface area contributed by atoms with Crippen LogP contribution < -0.4 is 10.9 Å². The number of hydrogen-bond acceptors (Lipinski definition) is 4. The van der Waals surface area contributed by atoms with Crippen LogP contribution in [0.4, 0.5) is 5.69 Å². The predicted octanol–water partition coefficient (Wildman–Crippen LogP) is 4.96. The van der Waals surface area contributed by atoms with Gasteiger partial charge >= 0.3 is 5.97 Å². The Bertz CT molecular complexity index is 1420. The van der Waals surface area contributed by atoms with Crippen LogP contribution in [0.2, 0.25) is 5.02 Å². The predicted molar refractivity (Wildman–Crippen MR) is 130 cm³/mol. The summed E-state index contributed by atoms with van der Waals surface area (Å²) >= 11 is 5.93. The summed E-state index contributed by atoms with van der Waals surface area (Å²) < 4.78 is 6.59. The Kier molecular flexibility index (Phi) is 6.29. The van der Waals surface area contributed by atoms with Gasteiger partial charge in [0.15, 0.2) is 6.61 Å². The van der Waals surface area contributed by atoms with Gasteiger partial charge < -0.3 is 14.6 Å². The van der Waals surface area contributed by atoms with E-state index in [9.17, 15) is 14.4 Å². The van der Waals surface area contributed by atoms with Crippen molar-refractivity contribution >= 4 is 39.9 Å². The summed E-state index contributed by atoms with van der Waals surface area (Å²) in [7, 11) is 1.52. The summed E-state index contributed by atoms with van der Waals surface area (Å²) in [6.07, 6.45) is 0. The molecule has 1 amide bonds. The van der Waals surface area contributed by atoms with E-state index in [2.05, 4.69) is 5.32 Å². The third-order valence-electron chi connectivity index (χ3n) is 5.28. The van der Waals surface area contributed by atoms with Crippen LogP contribution in [0.3, 0.4) is 0 Å². The average molecular weight is 461 g/mol. The van der Waals surface area contributed by atoms with Gasteiger partial charge in [0.2, 0.25) is 0 Å². The monoisotopic (exact) mass is 460 g/mol. The molecule has 0 saturated carbocycles. The third-order valence-corrected chi connectivity index (χ3v) is 5.52. The highest BCUT2D eigenvalue weighted by Crippen LogP contribution is 2.31. The number of esters is 1. The van der Waals surface area contributed by atoms with E-state index >= 15 is 0 Å². The molecule has 0 radical (unpaired) electrons. The van der Waals surface area contributed by atoms with Gasteiger partial charge in [-0.05, 0) is 42.1 Å². The molecule has 4 rings (SSSR count).